The molecule has 1 aromatic rings. The maximum absolute atomic E-state index is 3.68. The normalized spacial score (nSPS) is 30.6. The second-order valence-corrected chi connectivity index (χ2v) is 4.58. The van der Waals surface area contributed by atoms with Gasteiger partial charge in [0.25, 0.3) is 0 Å². The third kappa shape index (κ3) is 1.27. The van der Waals surface area contributed by atoms with Gasteiger partial charge in [-0.25, -0.2) is 0 Å². The van der Waals surface area contributed by atoms with E-state index in [1.807, 2.05) is 0 Å². The molecule has 1 aliphatic heterocycles. The summed E-state index contributed by atoms with van der Waals surface area (Å²) >= 11 is 0. The van der Waals surface area contributed by atoms with E-state index in [9.17, 15) is 0 Å². The summed E-state index contributed by atoms with van der Waals surface area (Å²) in [5.41, 5.74) is 3.15. The van der Waals surface area contributed by atoms with Crippen LogP contribution in [0.2, 0.25) is 0 Å². The zero-order valence-electron chi connectivity index (χ0n) is 8.50. The molecule has 1 aromatic carbocycles. The molecule has 0 spiro atoms. The standard InChI is InChI=1S/C13H17N/c1-2-6-11-10(5-1)9-14-13-8-4-3-7-12(11)13/h1-2,5-6,12-14H,3-4,7-9H2/t12-,13-/m1/s1. The summed E-state index contributed by atoms with van der Waals surface area (Å²) in [5.74, 6) is 0.800. The largest absolute Gasteiger partial charge is 0.309 e. The van der Waals surface area contributed by atoms with E-state index in [0.717, 1.165) is 18.5 Å². The monoisotopic (exact) mass is 187 g/mol. The molecule has 74 valence electrons. The lowest BCUT2D eigenvalue weighted by atomic mass is 9.76. The Balaban J connectivity index is 1.99. The van der Waals surface area contributed by atoms with Gasteiger partial charge in [0.2, 0.25) is 0 Å². The van der Waals surface area contributed by atoms with E-state index in [1.165, 1.54) is 31.2 Å². The Morgan fingerprint density at radius 3 is 2.93 bits per heavy atom. The molecule has 1 heterocycles. The van der Waals surface area contributed by atoms with E-state index in [-0.39, 0.29) is 0 Å². The minimum Gasteiger partial charge on any atom is -0.309 e. The van der Waals surface area contributed by atoms with Gasteiger partial charge >= 0.3 is 0 Å². The van der Waals surface area contributed by atoms with Gasteiger partial charge in [0, 0.05) is 12.6 Å². The summed E-state index contributed by atoms with van der Waals surface area (Å²) in [7, 11) is 0. The highest BCUT2D eigenvalue weighted by Gasteiger charge is 2.30. The fourth-order valence-corrected chi connectivity index (χ4v) is 3.05. The Bertz CT molecular complexity index is 332. The van der Waals surface area contributed by atoms with Crippen LogP contribution in [0, 0.1) is 0 Å². The van der Waals surface area contributed by atoms with Crippen molar-refractivity contribution in [1.29, 1.82) is 0 Å². The minimum absolute atomic E-state index is 0.763. The lowest BCUT2D eigenvalue weighted by molar-refractivity contribution is 0.308. The smallest absolute Gasteiger partial charge is 0.0211 e. The average molecular weight is 187 g/mol. The second-order valence-electron chi connectivity index (χ2n) is 4.58. The van der Waals surface area contributed by atoms with Crippen LogP contribution in [0.3, 0.4) is 0 Å². The van der Waals surface area contributed by atoms with E-state index in [4.69, 9.17) is 0 Å². The van der Waals surface area contributed by atoms with Crippen molar-refractivity contribution in [3.05, 3.63) is 35.4 Å². The van der Waals surface area contributed by atoms with Gasteiger partial charge in [0.15, 0.2) is 0 Å². The van der Waals surface area contributed by atoms with Crippen molar-refractivity contribution in [3.63, 3.8) is 0 Å². The molecular formula is C13H17N. The molecule has 1 saturated carbocycles. The van der Waals surface area contributed by atoms with E-state index < -0.39 is 0 Å². The second kappa shape index (κ2) is 3.39. The fraction of sp³-hybridized carbons (Fsp3) is 0.538. The maximum atomic E-state index is 3.68. The van der Waals surface area contributed by atoms with Crippen LogP contribution in [0.15, 0.2) is 24.3 Å². The Morgan fingerprint density at radius 2 is 1.93 bits per heavy atom. The van der Waals surface area contributed by atoms with Crippen molar-refractivity contribution in [1.82, 2.24) is 5.32 Å². The maximum Gasteiger partial charge on any atom is 0.0211 e. The first-order valence-electron chi connectivity index (χ1n) is 5.76. The minimum atomic E-state index is 0.763. The molecule has 14 heavy (non-hydrogen) atoms. The summed E-state index contributed by atoms with van der Waals surface area (Å²) in [6.07, 6.45) is 5.58. The average Bonchev–Trinajstić information content (AvgIpc) is 2.29. The van der Waals surface area contributed by atoms with Crippen LogP contribution in [0.5, 0.6) is 0 Å². The molecule has 2 aliphatic rings. The summed E-state index contributed by atoms with van der Waals surface area (Å²) in [5, 5.41) is 3.68. The Kier molecular flexibility index (Phi) is 2.06. The quantitative estimate of drug-likeness (QED) is 0.658. The predicted molar refractivity (Wildman–Crippen MR) is 58.3 cm³/mol. The number of benzene rings is 1. The van der Waals surface area contributed by atoms with E-state index in [0.29, 0.717) is 0 Å². The highest BCUT2D eigenvalue weighted by Crippen LogP contribution is 2.37. The summed E-state index contributed by atoms with van der Waals surface area (Å²) in [6, 6.07) is 9.71. The molecule has 0 aromatic heterocycles. The van der Waals surface area contributed by atoms with Crippen LogP contribution >= 0.6 is 0 Å². The van der Waals surface area contributed by atoms with Gasteiger partial charge in [0.05, 0.1) is 0 Å². The first-order valence-corrected chi connectivity index (χ1v) is 5.76. The summed E-state index contributed by atoms with van der Waals surface area (Å²) in [4.78, 5) is 0. The van der Waals surface area contributed by atoms with Gasteiger partial charge in [-0.3, -0.25) is 0 Å². The molecule has 1 heteroatoms. The van der Waals surface area contributed by atoms with Gasteiger partial charge in [-0.15, -0.1) is 0 Å². The van der Waals surface area contributed by atoms with Crippen LogP contribution in [0.1, 0.15) is 42.7 Å². The van der Waals surface area contributed by atoms with E-state index in [1.54, 1.807) is 5.56 Å². The number of hydrogen-bond donors (Lipinski definition) is 1. The molecule has 2 atom stereocenters. The van der Waals surface area contributed by atoms with Gasteiger partial charge < -0.3 is 5.32 Å². The van der Waals surface area contributed by atoms with Crippen LogP contribution in [-0.2, 0) is 6.54 Å². The molecular weight excluding hydrogens is 170 g/mol. The molecule has 1 fully saturated rings. The van der Waals surface area contributed by atoms with E-state index >= 15 is 0 Å². The van der Waals surface area contributed by atoms with Crippen LogP contribution in [-0.4, -0.2) is 6.04 Å². The fourth-order valence-electron chi connectivity index (χ4n) is 3.05. The molecule has 1 aliphatic carbocycles. The van der Waals surface area contributed by atoms with Crippen molar-refractivity contribution in [2.75, 3.05) is 0 Å². The number of nitrogens with one attached hydrogen (secondary N) is 1. The molecule has 1 nitrogen and oxygen atoms in total. The number of hydrogen-bond acceptors (Lipinski definition) is 1. The predicted octanol–water partition coefficient (Wildman–Crippen LogP) is 2.82. The van der Waals surface area contributed by atoms with Crippen molar-refractivity contribution in [2.24, 2.45) is 0 Å². The third-order valence-electron chi connectivity index (χ3n) is 3.78. The number of fused-ring (bicyclic) bond motifs is 3. The Labute approximate surface area is 85.5 Å². The first kappa shape index (κ1) is 8.49. The van der Waals surface area contributed by atoms with E-state index in [2.05, 4.69) is 29.6 Å². The summed E-state index contributed by atoms with van der Waals surface area (Å²) < 4.78 is 0. The lowest BCUT2D eigenvalue weighted by Gasteiger charge is -2.38. The molecule has 0 saturated heterocycles. The summed E-state index contributed by atoms with van der Waals surface area (Å²) in [6.45, 7) is 1.08. The van der Waals surface area contributed by atoms with Gasteiger partial charge in [0.1, 0.15) is 0 Å². The van der Waals surface area contributed by atoms with Gasteiger partial charge in [-0.05, 0) is 29.9 Å². The van der Waals surface area contributed by atoms with Crippen molar-refractivity contribution < 1.29 is 0 Å². The molecule has 3 rings (SSSR count). The van der Waals surface area contributed by atoms with Crippen LogP contribution < -0.4 is 5.32 Å². The molecule has 0 radical (unpaired) electrons. The zero-order chi connectivity index (χ0) is 9.38. The SMILES string of the molecule is c1ccc2c(c1)CN[C@@H]1CCCC[C@H]21. The lowest BCUT2D eigenvalue weighted by Crippen LogP contribution is -2.41. The number of rotatable bonds is 0. The first-order chi connectivity index (χ1) is 6.95. The van der Waals surface area contributed by atoms with Crippen LogP contribution in [0.4, 0.5) is 0 Å². The zero-order valence-corrected chi connectivity index (χ0v) is 8.50. The van der Waals surface area contributed by atoms with Gasteiger partial charge in [-0.1, -0.05) is 37.1 Å². The Morgan fingerprint density at radius 1 is 1.07 bits per heavy atom. The van der Waals surface area contributed by atoms with Crippen LogP contribution in [0.25, 0.3) is 0 Å². The van der Waals surface area contributed by atoms with Crippen molar-refractivity contribution in [2.45, 2.75) is 44.2 Å². The Hall–Kier alpha value is -0.820. The van der Waals surface area contributed by atoms with Crippen molar-refractivity contribution >= 4 is 0 Å². The highest BCUT2D eigenvalue weighted by molar-refractivity contribution is 5.34. The topological polar surface area (TPSA) is 12.0 Å². The molecule has 0 unspecified atom stereocenters. The molecule has 1 N–H and O–H groups in total. The molecule has 0 bridgehead atoms. The third-order valence-corrected chi connectivity index (χ3v) is 3.78. The molecule has 0 amide bonds. The van der Waals surface area contributed by atoms with Gasteiger partial charge in [-0.2, -0.15) is 0 Å². The highest BCUT2D eigenvalue weighted by atomic mass is 14.9. The van der Waals surface area contributed by atoms with Crippen molar-refractivity contribution in [3.8, 4) is 0 Å².